The third kappa shape index (κ3) is 4.63. The molecule has 4 N–H and O–H groups in total. The lowest BCUT2D eigenvalue weighted by atomic mass is 9.99. The van der Waals surface area contributed by atoms with Crippen molar-refractivity contribution in [2.75, 3.05) is 19.0 Å². The molecular formula is C24H26N6O3. The summed E-state index contributed by atoms with van der Waals surface area (Å²) < 4.78 is 5.53. The Labute approximate surface area is 191 Å². The fourth-order valence-corrected chi connectivity index (χ4v) is 3.52. The van der Waals surface area contributed by atoms with Crippen LogP contribution in [0.1, 0.15) is 26.5 Å². The number of amides is 2. The van der Waals surface area contributed by atoms with Crippen LogP contribution in [0.2, 0.25) is 0 Å². The molecule has 0 aliphatic heterocycles. The Hall–Kier alpha value is -3.98. The number of rotatable bonds is 6. The van der Waals surface area contributed by atoms with E-state index in [0.717, 1.165) is 16.7 Å². The number of carbonyl (C=O) groups is 1. The number of imidazole rings is 1. The zero-order valence-electron chi connectivity index (χ0n) is 18.9. The minimum Gasteiger partial charge on any atom is -0.494 e. The Morgan fingerprint density at radius 1 is 1.18 bits per heavy atom. The van der Waals surface area contributed by atoms with Gasteiger partial charge in [0, 0.05) is 30.1 Å². The summed E-state index contributed by atoms with van der Waals surface area (Å²) in [4.78, 5) is 28.7. The molecule has 0 fully saturated rings. The van der Waals surface area contributed by atoms with E-state index in [4.69, 9.17) is 4.74 Å². The Kier molecular flexibility index (Phi) is 5.97. The molecule has 0 aliphatic carbocycles. The lowest BCUT2D eigenvalue weighted by molar-refractivity contribution is 0.0739. The highest BCUT2D eigenvalue weighted by Gasteiger charge is 2.19. The van der Waals surface area contributed by atoms with Gasteiger partial charge in [0.2, 0.25) is 5.95 Å². The van der Waals surface area contributed by atoms with Crippen LogP contribution in [0.5, 0.6) is 5.75 Å². The first-order chi connectivity index (χ1) is 15.8. The fraction of sp³-hybridized carbons (Fsp3) is 0.250. The van der Waals surface area contributed by atoms with Gasteiger partial charge in [-0.2, -0.15) is 0 Å². The molecule has 3 heterocycles. The van der Waals surface area contributed by atoms with E-state index in [2.05, 4.69) is 30.6 Å². The van der Waals surface area contributed by atoms with Crippen LogP contribution in [0.15, 0.2) is 48.8 Å². The number of H-pyrrole nitrogens is 1. The number of urea groups is 1. The van der Waals surface area contributed by atoms with Crippen molar-refractivity contribution in [3.05, 3.63) is 54.5 Å². The lowest BCUT2D eigenvalue weighted by Gasteiger charge is -2.16. The van der Waals surface area contributed by atoms with Crippen molar-refractivity contribution in [3.8, 4) is 28.1 Å². The molecule has 0 radical (unpaired) electrons. The predicted molar refractivity (Wildman–Crippen MR) is 127 cm³/mol. The number of pyridine rings is 2. The zero-order chi connectivity index (χ0) is 23.6. The molecule has 2 amide bonds. The summed E-state index contributed by atoms with van der Waals surface area (Å²) in [5.41, 5.74) is 4.02. The van der Waals surface area contributed by atoms with Crippen molar-refractivity contribution in [2.45, 2.75) is 26.4 Å². The van der Waals surface area contributed by atoms with E-state index in [0.29, 0.717) is 40.7 Å². The average Bonchev–Trinajstić information content (AvgIpc) is 3.20. The molecule has 33 heavy (non-hydrogen) atoms. The number of aliphatic hydroxyl groups is 1. The van der Waals surface area contributed by atoms with E-state index < -0.39 is 5.60 Å². The van der Waals surface area contributed by atoms with Gasteiger partial charge in [0.15, 0.2) is 0 Å². The second-order valence-corrected chi connectivity index (χ2v) is 8.03. The van der Waals surface area contributed by atoms with Crippen LogP contribution in [0.25, 0.3) is 33.4 Å². The van der Waals surface area contributed by atoms with Crippen molar-refractivity contribution in [2.24, 2.45) is 0 Å². The number of hydrogen-bond acceptors (Lipinski definition) is 6. The monoisotopic (exact) mass is 446 g/mol. The lowest BCUT2D eigenvalue weighted by Crippen LogP contribution is -2.28. The highest BCUT2D eigenvalue weighted by molar-refractivity contribution is 5.98. The Morgan fingerprint density at radius 2 is 2.00 bits per heavy atom. The molecule has 1 aromatic carbocycles. The van der Waals surface area contributed by atoms with Gasteiger partial charge in [0.1, 0.15) is 17.0 Å². The molecule has 0 unspecified atom stereocenters. The normalized spacial score (nSPS) is 11.4. The van der Waals surface area contributed by atoms with Crippen molar-refractivity contribution < 1.29 is 14.6 Å². The molecular weight excluding hydrogens is 420 g/mol. The van der Waals surface area contributed by atoms with E-state index >= 15 is 0 Å². The number of anilines is 1. The Balaban J connectivity index is 1.87. The summed E-state index contributed by atoms with van der Waals surface area (Å²) in [6, 6.07) is 10.9. The highest BCUT2D eigenvalue weighted by atomic mass is 16.5. The van der Waals surface area contributed by atoms with Gasteiger partial charge in [-0.15, -0.1) is 0 Å². The quantitative estimate of drug-likeness (QED) is 0.354. The number of aromatic nitrogens is 4. The number of benzene rings is 1. The molecule has 4 aromatic rings. The topological polar surface area (TPSA) is 125 Å². The summed E-state index contributed by atoms with van der Waals surface area (Å²) in [7, 11) is 1.59. The third-order valence-electron chi connectivity index (χ3n) is 5.13. The molecule has 0 atom stereocenters. The number of hydrogen-bond donors (Lipinski definition) is 4. The minimum absolute atomic E-state index is 0.319. The van der Waals surface area contributed by atoms with E-state index in [-0.39, 0.29) is 6.03 Å². The standard InChI is InChI=1S/C24H26N6O3/c1-5-25-23(31)30-22-28-17-12-15(14-8-9-19(27-13-14)24(2,3)32)11-16(20(17)29-22)21-18(33-4)7-6-10-26-21/h6-13,32H,5H2,1-4H3,(H3,25,28,29,30,31). The predicted octanol–water partition coefficient (Wildman–Crippen LogP) is 4.06. The number of carbonyl (C=O) groups excluding carboxylic acids is 1. The van der Waals surface area contributed by atoms with Crippen LogP contribution in [-0.2, 0) is 5.60 Å². The summed E-state index contributed by atoms with van der Waals surface area (Å²) in [6.45, 7) is 5.73. The summed E-state index contributed by atoms with van der Waals surface area (Å²) in [5.74, 6) is 0.930. The molecule has 9 nitrogen and oxygen atoms in total. The van der Waals surface area contributed by atoms with E-state index in [1.807, 2.05) is 31.2 Å². The molecule has 0 aliphatic rings. The first-order valence-electron chi connectivity index (χ1n) is 10.6. The zero-order valence-corrected chi connectivity index (χ0v) is 18.9. The second kappa shape index (κ2) is 8.87. The molecule has 0 spiro atoms. The maximum Gasteiger partial charge on any atom is 0.321 e. The van der Waals surface area contributed by atoms with Crippen LogP contribution in [0, 0.1) is 0 Å². The van der Waals surface area contributed by atoms with Gasteiger partial charge in [-0.05, 0) is 56.7 Å². The maximum atomic E-state index is 12.0. The average molecular weight is 447 g/mol. The minimum atomic E-state index is -1.03. The number of fused-ring (bicyclic) bond motifs is 1. The van der Waals surface area contributed by atoms with Crippen molar-refractivity contribution in [1.29, 1.82) is 0 Å². The van der Waals surface area contributed by atoms with Gasteiger partial charge in [0.25, 0.3) is 0 Å². The largest absolute Gasteiger partial charge is 0.494 e. The van der Waals surface area contributed by atoms with Crippen LogP contribution in [-0.4, -0.2) is 44.7 Å². The maximum absolute atomic E-state index is 12.0. The fourth-order valence-electron chi connectivity index (χ4n) is 3.52. The third-order valence-corrected chi connectivity index (χ3v) is 5.13. The van der Waals surface area contributed by atoms with Crippen LogP contribution in [0.3, 0.4) is 0 Å². The van der Waals surface area contributed by atoms with Gasteiger partial charge in [0.05, 0.1) is 23.8 Å². The molecule has 0 saturated heterocycles. The molecule has 3 aromatic heterocycles. The van der Waals surface area contributed by atoms with Crippen LogP contribution >= 0.6 is 0 Å². The van der Waals surface area contributed by atoms with Crippen LogP contribution in [0.4, 0.5) is 10.7 Å². The van der Waals surface area contributed by atoms with E-state index in [1.54, 1.807) is 45.5 Å². The summed E-state index contributed by atoms with van der Waals surface area (Å²) in [6.07, 6.45) is 3.41. The van der Waals surface area contributed by atoms with Gasteiger partial charge in [-0.1, -0.05) is 6.07 Å². The SMILES string of the molecule is CCNC(=O)Nc1nc2cc(-c3ccc(C(C)(C)O)nc3)cc(-c3ncccc3OC)c2[nH]1. The Morgan fingerprint density at radius 3 is 2.67 bits per heavy atom. The van der Waals surface area contributed by atoms with Crippen molar-refractivity contribution in [1.82, 2.24) is 25.3 Å². The second-order valence-electron chi connectivity index (χ2n) is 8.03. The molecule has 0 saturated carbocycles. The Bertz CT molecular complexity index is 1290. The summed E-state index contributed by atoms with van der Waals surface area (Å²) in [5, 5.41) is 15.6. The number of aromatic amines is 1. The number of methoxy groups -OCH3 is 1. The first-order valence-corrected chi connectivity index (χ1v) is 10.6. The van der Waals surface area contributed by atoms with Gasteiger partial charge in [-0.25, -0.2) is 9.78 Å². The van der Waals surface area contributed by atoms with Crippen molar-refractivity contribution >= 4 is 23.0 Å². The molecule has 9 heteroatoms. The smallest absolute Gasteiger partial charge is 0.321 e. The van der Waals surface area contributed by atoms with Gasteiger partial charge in [-0.3, -0.25) is 15.3 Å². The number of nitrogens with one attached hydrogen (secondary N) is 3. The van der Waals surface area contributed by atoms with Gasteiger partial charge >= 0.3 is 6.03 Å². The van der Waals surface area contributed by atoms with E-state index in [9.17, 15) is 9.90 Å². The number of nitrogens with zero attached hydrogens (tertiary/aromatic N) is 3. The van der Waals surface area contributed by atoms with Gasteiger partial charge < -0.3 is 20.1 Å². The molecule has 170 valence electrons. The number of ether oxygens (including phenoxy) is 1. The van der Waals surface area contributed by atoms with E-state index in [1.165, 1.54) is 0 Å². The first kappa shape index (κ1) is 22.2. The molecule has 4 rings (SSSR count). The summed E-state index contributed by atoms with van der Waals surface area (Å²) >= 11 is 0. The van der Waals surface area contributed by atoms with Crippen LogP contribution < -0.4 is 15.4 Å². The molecule has 0 bridgehead atoms. The highest BCUT2D eigenvalue weighted by Crippen LogP contribution is 2.36. The van der Waals surface area contributed by atoms with Crippen molar-refractivity contribution in [3.63, 3.8) is 0 Å².